The fraction of sp³-hybridized carbons (Fsp3) is 0.429. The van der Waals surface area contributed by atoms with Gasteiger partial charge in [0, 0.05) is 26.2 Å². The summed E-state index contributed by atoms with van der Waals surface area (Å²) in [5, 5.41) is 8.87. The number of ether oxygens (including phenoxy) is 1. The molecule has 1 aliphatic rings. The summed E-state index contributed by atoms with van der Waals surface area (Å²) in [6.07, 6.45) is -0.335. The molecule has 0 spiro atoms. The van der Waals surface area contributed by atoms with Gasteiger partial charge >= 0.3 is 6.09 Å². The van der Waals surface area contributed by atoms with Crippen LogP contribution in [0.5, 0.6) is 0 Å². The first-order chi connectivity index (χ1) is 10.1. The summed E-state index contributed by atoms with van der Waals surface area (Å²) >= 11 is 3.10. The maximum Gasteiger partial charge on any atom is 0.409 e. The Morgan fingerprint density at radius 1 is 1.43 bits per heavy atom. The van der Waals surface area contributed by atoms with E-state index in [1.807, 2.05) is 11.0 Å². The van der Waals surface area contributed by atoms with Gasteiger partial charge in [-0.05, 0) is 35.0 Å². The van der Waals surface area contributed by atoms with E-state index in [1.54, 1.807) is 24.0 Å². The summed E-state index contributed by atoms with van der Waals surface area (Å²) in [6.45, 7) is 4.11. The zero-order valence-corrected chi connectivity index (χ0v) is 13.2. The molecular formula is C14H15BrFN3O2. The van der Waals surface area contributed by atoms with E-state index in [1.165, 1.54) is 0 Å². The number of carbonyl (C=O) groups excluding carboxylic acids is 1. The number of hydrogen-bond acceptors (Lipinski definition) is 4. The minimum atomic E-state index is -0.446. The molecule has 0 aliphatic carbocycles. The molecule has 1 saturated heterocycles. The highest BCUT2D eigenvalue weighted by Crippen LogP contribution is 2.29. The van der Waals surface area contributed by atoms with Crippen LogP contribution in [0.4, 0.5) is 14.9 Å². The molecule has 1 amide bonds. The summed E-state index contributed by atoms with van der Waals surface area (Å²) in [4.78, 5) is 15.1. The molecule has 1 heterocycles. The Hall–Kier alpha value is -1.81. The highest BCUT2D eigenvalue weighted by molar-refractivity contribution is 9.10. The molecule has 1 aromatic rings. The molecule has 1 aromatic carbocycles. The van der Waals surface area contributed by atoms with E-state index in [-0.39, 0.29) is 16.1 Å². The molecule has 1 fully saturated rings. The van der Waals surface area contributed by atoms with Gasteiger partial charge in [-0.3, -0.25) is 0 Å². The van der Waals surface area contributed by atoms with Gasteiger partial charge in [0.25, 0.3) is 0 Å². The van der Waals surface area contributed by atoms with Crippen LogP contribution in [-0.2, 0) is 4.74 Å². The predicted molar refractivity (Wildman–Crippen MR) is 79.6 cm³/mol. The lowest BCUT2D eigenvalue weighted by molar-refractivity contribution is 0.105. The molecule has 0 unspecified atom stereocenters. The third-order valence-electron chi connectivity index (χ3n) is 3.33. The number of carbonyl (C=O) groups is 1. The van der Waals surface area contributed by atoms with E-state index in [0.29, 0.717) is 38.5 Å². The highest BCUT2D eigenvalue weighted by atomic mass is 79.9. The number of halogens is 2. The number of piperazine rings is 1. The van der Waals surface area contributed by atoms with Gasteiger partial charge in [0.2, 0.25) is 0 Å². The van der Waals surface area contributed by atoms with Crippen LogP contribution >= 0.6 is 15.9 Å². The number of rotatable bonds is 2. The molecule has 21 heavy (non-hydrogen) atoms. The van der Waals surface area contributed by atoms with Crippen molar-refractivity contribution in [1.82, 2.24) is 4.90 Å². The zero-order valence-electron chi connectivity index (χ0n) is 11.6. The SMILES string of the molecule is CCOC(=O)N1CCN(c2ccc(C#N)c(Br)c2F)CC1. The van der Waals surface area contributed by atoms with Gasteiger partial charge in [-0.1, -0.05) is 0 Å². The third kappa shape index (κ3) is 3.27. The summed E-state index contributed by atoms with van der Waals surface area (Å²) in [5.74, 6) is -0.446. The molecule has 112 valence electrons. The summed E-state index contributed by atoms with van der Waals surface area (Å²) < 4.78 is 19.4. The molecule has 2 rings (SSSR count). The van der Waals surface area contributed by atoms with Crippen molar-refractivity contribution in [2.45, 2.75) is 6.92 Å². The van der Waals surface area contributed by atoms with Crippen molar-refractivity contribution >= 4 is 27.7 Å². The standard InChI is InChI=1S/C14H15BrFN3O2/c1-2-21-14(20)19-7-5-18(6-8-19)11-4-3-10(9-17)12(15)13(11)16/h3-4H,2,5-8H2,1H3. The van der Waals surface area contributed by atoms with Gasteiger partial charge in [0.1, 0.15) is 6.07 Å². The predicted octanol–water partition coefficient (Wildman–Crippen LogP) is 2.74. The summed E-state index contributed by atoms with van der Waals surface area (Å²) in [7, 11) is 0. The first-order valence-electron chi connectivity index (χ1n) is 6.63. The third-order valence-corrected chi connectivity index (χ3v) is 4.10. The Morgan fingerprint density at radius 2 is 2.10 bits per heavy atom. The van der Waals surface area contributed by atoms with Crippen LogP contribution in [0.25, 0.3) is 0 Å². The number of nitriles is 1. The maximum atomic E-state index is 14.3. The Kier molecular flexibility index (Phi) is 5.02. The maximum absolute atomic E-state index is 14.3. The van der Waals surface area contributed by atoms with Crippen LogP contribution in [0.15, 0.2) is 16.6 Å². The molecule has 1 aliphatic heterocycles. The molecule has 0 radical (unpaired) electrons. The van der Waals surface area contributed by atoms with Crippen molar-refractivity contribution in [1.29, 1.82) is 5.26 Å². The minimum absolute atomic E-state index is 0.176. The molecular weight excluding hydrogens is 341 g/mol. The zero-order chi connectivity index (χ0) is 15.4. The van der Waals surface area contributed by atoms with E-state index in [9.17, 15) is 9.18 Å². The van der Waals surface area contributed by atoms with Crippen molar-refractivity contribution in [3.63, 3.8) is 0 Å². The van der Waals surface area contributed by atoms with Gasteiger partial charge in [-0.2, -0.15) is 5.26 Å². The molecule has 7 heteroatoms. The smallest absolute Gasteiger partial charge is 0.409 e. The highest BCUT2D eigenvalue weighted by Gasteiger charge is 2.24. The average molecular weight is 356 g/mol. The summed E-state index contributed by atoms with van der Waals surface area (Å²) in [5.41, 5.74) is 0.700. The van der Waals surface area contributed by atoms with Crippen molar-refractivity contribution in [3.05, 3.63) is 28.0 Å². The van der Waals surface area contributed by atoms with Crippen LogP contribution in [-0.4, -0.2) is 43.8 Å². The molecule has 0 N–H and O–H groups in total. The second kappa shape index (κ2) is 6.76. The number of anilines is 1. The monoisotopic (exact) mass is 355 g/mol. The fourth-order valence-electron chi connectivity index (χ4n) is 2.21. The molecule has 0 aromatic heterocycles. The van der Waals surface area contributed by atoms with Crippen molar-refractivity contribution < 1.29 is 13.9 Å². The van der Waals surface area contributed by atoms with E-state index in [2.05, 4.69) is 15.9 Å². The first-order valence-corrected chi connectivity index (χ1v) is 7.42. The van der Waals surface area contributed by atoms with E-state index >= 15 is 0 Å². The van der Waals surface area contributed by atoms with Crippen LogP contribution in [0, 0.1) is 17.1 Å². The minimum Gasteiger partial charge on any atom is -0.450 e. The van der Waals surface area contributed by atoms with Crippen molar-refractivity contribution in [3.8, 4) is 6.07 Å². The summed E-state index contributed by atoms with van der Waals surface area (Å²) in [6, 6.07) is 5.11. The molecule has 0 bridgehead atoms. The lowest BCUT2D eigenvalue weighted by atomic mass is 10.2. The van der Waals surface area contributed by atoms with Crippen molar-refractivity contribution in [2.75, 3.05) is 37.7 Å². The van der Waals surface area contributed by atoms with Crippen LogP contribution in [0.3, 0.4) is 0 Å². The normalized spacial score (nSPS) is 14.8. The van der Waals surface area contributed by atoms with Crippen LogP contribution in [0.1, 0.15) is 12.5 Å². The topological polar surface area (TPSA) is 56.6 Å². The first kappa shape index (κ1) is 15.6. The second-order valence-electron chi connectivity index (χ2n) is 4.55. The van der Waals surface area contributed by atoms with E-state index in [0.717, 1.165) is 0 Å². The van der Waals surface area contributed by atoms with Gasteiger partial charge in [-0.15, -0.1) is 0 Å². The van der Waals surface area contributed by atoms with Gasteiger partial charge in [0.15, 0.2) is 5.82 Å². The largest absolute Gasteiger partial charge is 0.450 e. The fourth-order valence-corrected chi connectivity index (χ4v) is 2.64. The second-order valence-corrected chi connectivity index (χ2v) is 5.34. The Labute approximate surface area is 131 Å². The number of hydrogen-bond donors (Lipinski definition) is 0. The van der Waals surface area contributed by atoms with Crippen molar-refractivity contribution in [2.24, 2.45) is 0 Å². The van der Waals surface area contributed by atoms with Crippen LogP contribution < -0.4 is 4.90 Å². The quantitative estimate of drug-likeness (QED) is 0.818. The molecule has 5 nitrogen and oxygen atoms in total. The molecule has 0 saturated carbocycles. The molecule has 0 atom stereocenters. The van der Waals surface area contributed by atoms with E-state index in [4.69, 9.17) is 10.00 Å². The average Bonchev–Trinajstić information content (AvgIpc) is 2.50. The Bertz CT molecular complexity index is 580. The number of amides is 1. The number of nitrogens with zero attached hydrogens (tertiary/aromatic N) is 3. The van der Waals surface area contributed by atoms with Gasteiger partial charge in [-0.25, -0.2) is 9.18 Å². The lowest BCUT2D eigenvalue weighted by Gasteiger charge is -2.35. The van der Waals surface area contributed by atoms with Crippen LogP contribution in [0.2, 0.25) is 0 Å². The Morgan fingerprint density at radius 3 is 2.67 bits per heavy atom. The van der Waals surface area contributed by atoms with Gasteiger partial charge < -0.3 is 14.5 Å². The van der Waals surface area contributed by atoms with Gasteiger partial charge in [0.05, 0.1) is 22.3 Å². The lowest BCUT2D eigenvalue weighted by Crippen LogP contribution is -2.49. The van der Waals surface area contributed by atoms with E-state index < -0.39 is 5.82 Å². The Balaban J connectivity index is 2.08. The number of benzene rings is 1.